The van der Waals surface area contributed by atoms with E-state index in [2.05, 4.69) is 36.5 Å². The molecule has 0 aliphatic heterocycles. The summed E-state index contributed by atoms with van der Waals surface area (Å²) < 4.78 is 10.6. The first-order valence-corrected chi connectivity index (χ1v) is 6.80. The van der Waals surface area contributed by atoms with Gasteiger partial charge in [-0.2, -0.15) is 0 Å². The zero-order valence-corrected chi connectivity index (χ0v) is 12.3. The number of benzene rings is 2. The quantitative estimate of drug-likeness (QED) is 0.865. The minimum Gasteiger partial charge on any atom is -0.497 e. The molecular weight excluding hydrogens is 250 g/mol. The molecule has 2 rings (SSSR count). The molecule has 0 atom stereocenters. The zero-order valence-electron chi connectivity index (χ0n) is 12.3. The van der Waals surface area contributed by atoms with Crippen LogP contribution >= 0.6 is 0 Å². The van der Waals surface area contributed by atoms with Gasteiger partial charge < -0.3 is 14.8 Å². The van der Waals surface area contributed by atoms with Gasteiger partial charge in [0.25, 0.3) is 0 Å². The molecule has 0 fully saturated rings. The number of nitrogens with one attached hydrogen (secondary N) is 1. The van der Waals surface area contributed by atoms with Gasteiger partial charge in [-0.3, -0.25) is 0 Å². The lowest BCUT2D eigenvalue weighted by Gasteiger charge is -2.11. The van der Waals surface area contributed by atoms with E-state index in [1.165, 1.54) is 5.56 Å². The highest BCUT2D eigenvalue weighted by Crippen LogP contribution is 2.23. The number of hydrogen-bond acceptors (Lipinski definition) is 3. The second-order valence-corrected chi connectivity index (χ2v) is 4.63. The van der Waals surface area contributed by atoms with E-state index in [4.69, 9.17) is 9.47 Å². The standard InChI is InChI=1S/C17H21NO2/c1-4-13-6-5-7-15(8-13)18-12-14-9-16(19-2)11-17(10-14)20-3/h5-11,18H,4,12H2,1-3H3. The Morgan fingerprint density at radius 1 is 0.900 bits per heavy atom. The van der Waals surface area contributed by atoms with Crippen LogP contribution in [0.4, 0.5) is 5.69 Å². The Hall–Kier alpha value is -2.16. The third-order valence-corrected chi connectivity index (χ3v) is 3.24. The van der Waals surface area contributed by atoms with E-state index in [-0.39, 0.29) is 0 Å². The predicted octanol–water partition coefficient (Wildman–Crippen LogP) is 3.88. The summed E-state index contributed by atoms with van der Waals surface area (Å²) in [5.41, 5.74) is 3.59. The Labute approximate surface area is 120 Å². The summed E-state index contributed by atoms with van der Waals surface area (Å²) in [7, 11) is 3.33. The molecule has 0 unspecified atom stereocenters. The Bertz CT molecular complexity index is 544. The van der Waals surface area contributed by atoms with Crippen LogP contribution in [-0.2, 0) is 13.0 Å². The number of ether oxygens (including phenoxy) is 2. The van der Waals surface area contributed by atoms with E-state index in [0.29, 0.717) is 0 Å². The highest BCUT2D eigenvalue weighted by Gasteiger charge is 2.02. The van der Waals surface area contributed by atoms with Crippen LogP contribution in [0, 0.1) is 0 Å². The van der Waals surface area contributed by atoms with Gasteiger partial charge in [-0.1, -0.05) is 19.1 Å². The van der Waals surface area contributed by atoms with E-state index in [1.54, 1.807) is 14.2 Å². The van der Waals surface area contributed by atoms with E-state index >= 15 is 0 Å². The molecule has 0 bridgehead atoms. The maximum atomic E-state index is 5.28. The van der Waals surface area contributed by atoms with Crippen molar-refractivity contribution in [2.45, 2.75) is 19.9 Å². The van der Waals surface area contributed by atoms with Gasteiger partial charge >= 0.3 is 0 Å². The highest BCUT2D eigenvalue weighted by atomic mass is 16.5. The molecule has 1 N–H and O–H groups in total. The van der Waals surface area contributed by atoms with Crippen molar-refractivity contribution in [3.63, 3.8) is 0 Å². The molecule has 0 heterocycles. The predicted molar refractivity (Wildman–Crippen MR) is 82.7 cm³/mol. The van der Waals surface area contributed by atoms with Gasteiger partial charge in [0.15, 0.2) is 0 Å². The molecule has 0 aliphatic rings. The second kappa shape index (κ2) is 6.85. The van der Waals surface area contributed by atoms with Crippen LogP contribution in [0.2, 0.25) is 0 Å². The van der Waals surface area contributed by atoms with Crippen LogP contribution in [0.25, 0.3) is 0 Å². The summed E-state index contributed by atoms with van der Waals surface area (Å²) in [5, 5.41) is 3.43. The molecule has 0 spiro atoms. The molecule has 0 saturated carbocycles. The molecule has 20 heavy (non-hydrogen) atoms. The van der Waals surface area contributed by atoms with Crippen molar-refractivity contribution in [3.05, 3.63) is 53.6 Å². The van der Waals surface area contributed by atoms with Crippen molar-refractivity contribution >= 4 is 5.69 Å². The van der Waals surface area contributed by atoms with Gasteiger partial charge in [-0.15, -0.1) is 0 Å². The lowest BCUT2D eigenvalue weighted by atomic mass is 10.1. The zero-order chi connectivity index (χ0) is 14.4. The fourth-order valence-electron chi connectivity index (χ4n) is 2.07. The third kappa shape index (κ3) is 3.67. The smallest absolute Gasteiger partial charge is 0.122 e. The normalized spacial score (nSPS) is 10.2. The summed E-state index contributed by atoms with van der Waals surface area (Å²) >= 11 is 0. The van der Waals surface area contributed by atoms with Gasteiger partial charge in [-0.25, -0.2) is 0 Å². The number of hydrogen-bond donors (Lipinski definition) is 1. The summed E-state index contributed by atoms with van der Waals surface area (Å²) in [6, 6.07) is 14.4. The number of anilines is 1. The van der Waals surface area contributed by atoms with Crippen molar-refractivity contribution in [1.29, 1.82) is 0 Å². The summed E-state index contributed by atoms with van der Waals surface area (Å²) in [4.78, 5) is 0. The first-order chi connectivity index (χ1) is 9.75. The van der Waals surface area contributed by atoms with Crippen molar-refractivity contribution in [1.82, 2.24) is 0 Å². The average Bonchev–Trinajstić information content (AvgIpc) is 2.52. The maximum Gasteiger partial charge on any atom is 0.122 e. The van der Waals surface area contributed by atoms with Crippen molar-refractivity contribution in [2.24, 2.45) is 0 Å². The average molecular weight is 271 g/mol. The summed E-state index contributed by atoms with van der Waals surface area (Å²) in [6.07, 6.45) is 1.04. The third-order valence-electron chi connectivity index (χ3n) is 3.24. The van der Waals surface area contributed by atoms with E-state index in [9.17, 15) is 0 Å². The van der Waals surface area contributed by atoms with Crippen molar-refractivity contribution in [3.8, 4) is 11.5 Å². The Morgan fingerprint density at radius 3 is 2.20 bits per heavy atom. The second-order valence-electron chi connectivity index (χ2n) is 4.63. The van der Waals surface area contributed by atoms with Crippen LogP contribution in [0.15, 0.2) is 42.5 Å². The molecule has 3 nitrogen and oxygen atoms in total. The van der Waals surface area contributed by atoms with Gasteiger partial charge in [0.2, 0.25) is 0 Å². The molecule has 106 valence electrons. The molecule has 2 aromatic rings. The van der Waals surface area contributed by atoms with Crippen LogP contribution < -0.4 is 14.8 Å². The van der Waals surface area contributed by atoms with E-state index in [0.717, 1.165) is 35.7 Å². The van der Waals surface area contributed by atoms with Gasteiger partial charge in [0, 0.05) is 18.3 Å². The first-order valence-electron chi connectivity index (χ1n) is 6.80. The van der Waals surface area contributed by atoms with Crippen LogP contribution in [0.3, 0.4) is 0 Å². The largest absolute Gasteiger partial charge is 0.497 e. The Balaban J connectivity index is 2.09. The summed E-state index contributed by atoms with van der Waals surface area (Å²) in [6.45, 7) is 2.90. The maximum absolute atomic E-state index is 5.28. The molecule has 0 radical (unpaired) electrons. The first kappa shape index (κ1) is 14.3. The molecular formula is C17H21NO2. The van der Waals surface area contributed by atoms with Crippen molar-refractivity contribution in [2.75, 3.05) is 19.5 Å². The van der Waals surface area contributed by atoms with Crippen LogP contribution in [0.5, 0.6) is 11.5 Å². The fraction of sp³-hybridized carbons (Fsp3) is 0.294. The minimum atomic E-state index is 0.737. The Kier molecular flexibility index (Phi) is 4.88. The lowest BCUT2D eigenvalue weighted by molar-refractivity contribution is 0.393. The molecule has 3 heteroatoms. The van der Waals surface area contributed by atoms with E-state index < -0.39 is 0 Å². The molecule has 0 aromatic heterocycles. The van der Waals surface area contributed by atoms with Gasteiger partial charge in [0.1, 0.15) is 11.5 Å². The monoisotopic (exact) mass is 271 g/mol. The minimum absolute atomic E-state index is 0.737. The number of aryl methyl sites for hydroxylation is 1. The molecule has 0 amide bonds. The topological polar surface area (TPSA) is 30.5 Å². The molecule has 0 aliphatic carbocycles. The van der Waals surface area contributed by atoms with Gasteiger partial charge in [0.05, 0.1) is 14.2 Å². The fourth-order valence-corrected chi connectivity index (χ4v) is 2.07. The van der Waals surface area contributed by atoms with Crippen molar-refractivity contribution < 1.29 is 9.47 Å². The SMILES string of the molecule is CCc1cccc(NCc2cc(OC)cc(OC)c2)c1. The van der Waals surface area contributed by atoms with Gasteiger partial charge in [-0.05, 0) is 41.8 Å². The molecule has 0 saturated heterocycles. The number of rotatable bonds is 6. The molecule has 2 aromatic carbocycles. The summed E-state index contributed by atoms with van der Waals surface area (Å²) in [5.74, 6) is 1.62. The van der Waals surface area contributed by atoms with E-state index in [1.807, 2.05) is 18.2 Å². The number of methoxy groups -OCH3 is 2. The van der Waals surface area contributed by atoms with Crippen LogP contribution in [0.1, 0.15) is 18.1 Å². The Morgan fingerprint density at radius 2 is 1.60 bits per heavy atom. The van der Waals surface area contributed by atoms with Crippen LogP contribution in [-0.4, -0.2) is 14.2 Å². The lowest BCUT2D eigenvalue weighted by Crippen LogP contribution is -2.01. The highest BCUT2D eigenvalue weighted by molar-refractivity contribution is 5.47.